The van der Waals surface area contributed by atoms with Crippen LogP contribution in [0.3, 0.4) is 0 Å². The summed E-state index contributed by atoms with van der Waals surface area (Å²) in [5, 5.41) is 0. The summed E-state index contributed by atoms with van der Waals surface area (Å²) in [6.45, 7) is 5.08. The Labute approximate surface area is 139 Å². The molecule has 24 heavy (non-hydrogen) atoms. The van der Waals surface area contributed by atoms with Gasteiger partial charge in [-0.2, -0.15) is 13.2 Å². The van der Waals surface area contributed by atoms with Crippen LogP contribution in [-0.2, 0) is 10.0 Å². The Morgan fingerprint density at radius 3 is 2.21 bits per heavy atom. The zero-order chi connectivity index (χ0) is 18.9. The molecule has 0 aromatic heterocycles. The lowest BCUT2D eigenvalue weighted by Gasteiger charge is -2.22. The second-order valence-electron chi connectivity index (χ2n) is 6.61. The first kappa shape index (κ1) is 20.4. The van der Waals surface area contributed by atoms with E-state index < -0.39 is 34.2 Å². The molecule has 0 fully saturated rings. The minimum atomic E-state index is -4.53. The van der Waals surface area contributed by atoms with Gasteiger partial charge in [-0.15, -0.1) is 0 Å². The summed E-state index contributed by atoms with van der Waals surface area (Å²) in [5.41, 5.74) is -0.427. The smallest absolute Gasteiger partial charge is 0.333 e. The van der Waals surface area contributed by atoms with E-state index >= 15 is 0 Å². The normalized spacial score (nSPS) is 13.0. The molecular formula is C15H21F3N2O3S. The van der Waals surface area contributed by atoms with E-state index in [-0.39, 0.29) is 10.5 Å². The molecule has 0 aliphatic carbocycles. The number of amides is 1. The van der Waals surface area contributed by atoms with Crippen LogP contribution in [0.5, 0.6) is 0 Å². The molecule has 5 nitrogen and oxygen atoms in total. The van der Waals surface area contributed by atoms with Crippen molar-refractivity contribution in [2.45, 2.75) is 44.3 Å². The summed E-state index contributed by atoms with van der Waals surface area (Å²) in [7, 11) is -2.88. The van der Waals surface area contributed by atoms with Gasteiger partial charge in [0.1, 0.15) is 6.54 Å². The van der Waals surface area contributed by atoms with Gasteiger partial charge in [0.2, 0.25) is 10.0 Å². The summed E-state index contributed by atoms with van der Waals surface area (Å²) < 4.78 is 64.4. The quantitative estimate of drug-likeness (QED) is 0.891. The van der Waals surface area contributed by atoms with Crippen LogP contribution in [-0.4, -0.2) is 44.5 Å². The molecule has 1 aromatic rings. The lowest BCUT2D eigenvalue weighted by Crippen LogP contribution is -2.40. The van der Waals surface area contributed by atoms with Gasteiger partial charge in [0, 0.05) is 18.2 Å². The van der Waals surface area contributed by atoms with Crippen LogP contribution >= 0.6 is 0 Å². The number of alkyl halides is 3. The highest BCUT2D eigenvalue weighted by atomic mass is 32.2. The van der Waals surface area contributed by atoms with Crippen LogP contribution in [0, 0.1) is 6.92 Å². The van der Waals surface area contributed by atoms with E-state index in [1.54, 1.807) is 20.8 Å². The largest absolute Gasteiger partial charge is 0.406 e. The Balaban J connectivity index is 3.22. The van der Waals surface area contributed by atoms with E-state index in [0.29, 0.717) is 10.5 Å². The molecular weight excluding hydrogens is 345 g/mol. The van der Waals surface area contributed by atoms with Crippen molar-refractivity contribution in [3.05, 3.63) is 29.3 Å². The third kappa shape index (κ3) is 5.79. The number of rotatable bonds is 4. The van der Waals surface area contributed by atoms with Crippen molar-refractivity contribution in [3.63, 3.8) is 0 Å². The number of nitrogens with zero attached hydrogens (tertiary/aromatic N) is 1. The first-order valence-corrected chi connectivity index (χ1v) is 8.57. The van der Waals surface area contributed by atoms with Crippen LogP contribution in [0.15, 0.2) is 23.1 Å². The number of sulfonamides is 1. The Morgan fingerprint density at radius 2 is 1.75 bits per heavy atom. The maximum atomic E-state index is 12.4. The van der Waals surface area contributed by atoms with Gasteiger partial charge >= 0.3 is 6.18 Å². The van der Waals surface area contributed by atoms with Gasteiger partial charge in [0.25, 0.3) is 5.91 Å². The van der Waals surface area contributed by atoms with Crippen molar-refractivity contribution in [3.8, 4) is 0 Å². The predicted octanol–water partition coefficient (Wildman–Crippen LogP) is 2.71. The number of hydrogen-bond acceptors (Lipinski definition) is 3. The first-order valence-electron chi connectivity index (χ1n) is 7.09. The Morgan fingerprint density at radius 1 is 1.21 bits per heavy atom. The summed E-state index contributed by atoms with van der Waals surface area (Å²) in [4.78, 5) is 12.6. The molecule has 1 N–H and O–H groups in total. The predicted molar refractivity (Wildman–Crippen MR) is 84.3 cm³/mol. The molecule has 0 saturated heterocycles. The SMILES string of the molecule is Cc1ccc(S(=O)(=O)NC(C)(C)C)cc1C(=O)N(C)CC(F)(F)F. The fourth-order valence-corrected chi connectivity index (χ4v) is 3.45. The number of nitrogens with one attached hydrogen (secondary N) is 1. The van der Waals surface area contributed by atoms with Gasteiger partial charge in [-0.25, -0.2) is 13.1 Å². The third-order valence-corrected chi connectivity index (χ3v) is 4.71. The number of carbonyl (C=O) groups excluding carboxylic acids is 1. The second kappa shape index (κ2) is 6.72. The molecule has 136 valence electrons. The van der Waals surface area contributed by atoms with Crippen molar-refractivity contribution in [1.82, 2.24) is 9.62 Å². The summed E-state index contributed by atoms with van der Waals surface area (Å²) in [6.07, 6.45) is -4.53. The second-order valence-corrected chi connectivity index (χ2v) is 8.29. The van der Waals surface area contributed by atoms with E-state index in [4.69, 9.17) is 0 Å². The summed E-state index contributed by atoms with van der Waals surface area (Å²) >= 11 is 0. The average Bonchev–Trinajstić information content (AvgIpc) is 2.33. The molecule has 0 bridgehead atoms. The summed E-state index contributed by atoms with van der Waals surface area (Å²) in [5.74, 6) is -0.891. The number of halogens is 3. The number of aryl methyl sites for hydroxylation is 1. The lowest BCUT2D eigenvalue weighted by molar-refractivity contribution is -0.138. The third-order valence-electron chi connectivity index (χ3n) is 2.95. The van der Waals surface area contributed by atoms with Gasteiger partial charge in [-0.3, -0.25) is 4.79 Å². The molecule has 1 aromatic carbocycles. The molecule has 0 spiro atoms. The van der Waals surface area contributed by atoms with Crippen molar-refractivity contribution in [1.29, 1.82) is 0 Å². The van der Waals surface area contributed by atoms with Crippen molar-refractivity contribution in [2.75, 3.05) is 13.6 Å². The van der Waals surface area contributed by atoms with Crippen LogP contribution < -0.4 is 4.72 Å². The molecule has 9 heteroatoms. The molecule has 1 rings (SSSR count). The number of carbonyl (C=O) groups is 1. The average molecular weight is 366 g/mol. The maximum Gasteiger partial charge on any atom is 0.406 e. The van der Waals surface area contributed by atoms with E-state index in [1.165, 1.54) is 19.1 Å². The zero-order valence-corrected chi connectivity index (χ0v) is 15.0. The highest BCUT2D eigenvalue weighted by Gasteiger charge is 2.32. The van der Waals surface area contributed by atoms with E-state index in [2.05, 4.69) is 4.72 Å². The molecule has 0 aliphatic heterocycles. The van der Waals surface area contributed by atoms with Crippen LogP contribution in [0.2, 0.25) is 0 Å². The van der Waals surface area contributed by atoms with Crippen LogP contribution in [0.25, 0.3) is 0 Å². The van der Waals surface area contributed by atoms with Crippen LogP contribution in [0.4, 0.5) is 13.2 Å². The van der Waals surface area contributed by atoms with Crippen molar-refractivity contribution < 1.29 is 26.4 Å². The number of benzene rings is 1. The standard InChI is InChI=1S/C15H21F3N2O3S/c1-10-6-7-11(24(22,23)19-14(2,3)4)8-12(10)13(21)20(5)9-15(16,17)18/h6-8,19H,9H2,1-5H3. The molecule has 0 saturated carbocycles. The molecule has 0 atom stereocenters. The zero-order valence-electron chi connectivity index (χ0n) is 14.2. The van der Waals surface area contributed by atoms with Gasteiger partial charge < -0.3 is 4.90 Å². The van der Waals surface area contributed by atoms with Crippen LogP contribution in [0.1, 0.15) is 36.7 Å². The molecule has 1 amide bonds. The Bertz CT molecular complexity index is 722. The number of hydrogen-bond donors (Lipinski definition) is 1. The summed E-state index contributed by atoms with van der Waals surface area (Å²) in [6, 6.07) is 3.80. The molecule has 0 aliphatic rings. The highest BCUT2D eigenvalue weighted by Crippen LogP contribution is 2.21. The van der Waals surface area contributed by atoms with E-state index in [9.17, 15) is 26.4 Å². The highest BCUT2D eigenvalue weighted by molar-refractivity contribution is 7.89. The van der Waals surface area contributed by atoms with Gasteiger partial charge in [0.05, 0.1) is 4.90 Å². The van der Waals surface area contributed by atoms with E-state index in [1.807, 2.05) is 0 Å². The molecule has 0 unspecified atom stereocenters. The van der Waals surface area contributed by atoms with Gasteiger partial charge in [0.15, 0.2) is 0 Å². The van der Waals surface area contributed by atoms with E-state index in [0.717, 1.165) is 13.1 Å². The maximum absolute atomic E-state index is 12.4. The van der Waals surface area contributed by atoms with Gasteiger partial charge in [-0.1, -0.05) is 6.07 Å². The van der Waals surface area contributed by atoms with Crippen molar-refractivity contribution in [2.24, 2.45) is 0 Å². The first-order chi connectivity index (χ1) is 10.6. The lowest BCUT2D eigenvalue weighted by atomic mass is 10.1. The monoisotopic (exact) mass is 366 g/mol. The van der Waals surface area contributed by atoms with Crippen molar-refractivity contribution >= 4 is 15.9 Å². The minimum absolute atomic E-state index is 0.0847. The topological polar surface area (TPSA) is 66.5 Å². The Kier molecular flexibility index (Phi) is 5.72. The molecule has 0 heterocycles. The fourth-order valence-electron chi connectivity index (χ4n) is 2.01. The minimum Gasteiger partial charge on any atom is -0.333 e. The van der Waals surface area contributed by atoms with Gasteiger partial charge in [-0.05, 0) is 45.4 Å². The fraction of sp³-hybridized carbons (Fsp3) is 0.533. The Hall–Kier alpha value is -1.61. The molecule has 0 radical (unpaired) electrons.